The summed E-state index contributed by atoms with van der Waals surface area (Å²) >= 11 is 0. The minimum absolute atomic E-state index is 0.0187. The predicted octanol–water partition coefficient (Wildman–Crippen LogP) is 1.41. The fourth-order valence-electron chi connectivity index (χ4n) is 6.08. The molecule has 3 aliphatic rings. The number of nitrogens with one attached hydrogen (secondary N) is 2. The van der Waals surface area contributed by atoms with Crippen molar-refractivity contribution in [2.75, 3.05) is 19.0 Å². The summed E-state index contributed by atoms with van der Waals surface area (Å²) in [5, 5.41) is 16.9. The van der Waals surface area contributed by atoms with Gasteiger partial charge in [-0.25, -0.2) is 13.9 Å². The molecular formula is C24H34N4O7S. The molecule has 198 valence electrons. The number of ether oxygens (including phenoxy) is 1. The average Bonchev–Trinajstić information content (AvgIpc) is 3.14. The maximum atomic E-state index is 13.7. The van der Waals surface area contributed by atoms with E-state index in [2.05, 4.69) is 5.48 Å². The van der Waals surface area contributed by atoms with Crippen LogP contribution in [0.1, 0.15) is 50.7 Å². The van der Waals surface area contributed by atoms with Gasteiger partial charge in [0.05, 0.1) is 19.0 Å². The highest BCUT2D eigenvalue weighted by molar-refractivity contribution is 7.89. The number of carboxylic acids is 1. The number of guanidine groups is 1. The van der Waals surface area contributed by atoms with Crippen LogP contribution in [0.4, 0.5) is 0 Å². The van der Waals surface area contributed by atoms with Gasteiger partial charge in [0.1, 0.15) is 17.6 Å². The van der Waals surface area contributed by atoms with Gasteiger partial charge in [0.15, 0.2) is 0 Å². The Labute approximate surface area is 210 Å². The predicted molar refractivity (Wildman–Crippen MR) is 131 cm³/mol. The van der Waals surface area contributed by atoms with E-state index in [4.69, 9.17) is 20.7 Å². The maximum absolute atomic E-state index is 13.7. The second-order valence-electron chi connectivity index (χ2n) is 10.5. The van der Waals surface area contributed by atoms with E-state index in [9.17, 15) is 23.1 Å². The van der Waals surface area contributed by atoms with Crippen LogP contribution in [-0.4, -0.2) is 60.6 Å². The lowest BCUT2D eigenvalue weighted by atomic mass is 9.70. The number of rotatable bonds is 10. The van der Waals surface area contributed by atoms with E-state index >= 15 is 0 Å². The number of aliphatic carboxylic acids is 1. The minimum atomic E-state index is -4.06. The molecule has 2 unspecified atom stereocenters. The lowest BCUT2D eigenvalue weighted by molar-refractivity contribution is -0.141. The molecule has 3 atom stereocenters. The zero-order valence-electron chi connectivity index (χ0n) is 20.6. The van der Waals surface area contributed by atoms with Crippen LogP contribution in [0.5, 0.6) is 5.75 Å². The molecule has 2 fully saturated rings. The summed E-state index contributed by atoms with van der Waals surface area (Å²) in [5.41, 5.74) is 7.40. The summed E-state index contributed by atoms with van der Waals surface area (Å²) in [6.45, 7) is 4.44. The maximum Gasteiger partial charge on any atom is 0.322 e. The van der Waals surface area contributed by atoms with Crippen LogP contribution in [-0.2, 0) is 37.4 Å². The van der Waals surface area contributed by atoms with Gasteiger partial charge in [-0.3, -0.25) is 19.8 Å². The normalized spacial score (nSPS) is 27.0. The van der Waals surface area contributed by atoms with E-state index in [1.807, 2.05) is 13.8 Å². The van der Waals surface area contributed by atoms with Crippen LogP contribution in [0.2, 0.25) is 0 Å². The van der Waals surface area contributed by atoms with E-state index in [0.29, 0.717) is 37.2 Å². The molecule has 2 aliphatic carbocycles. The van der Waals surface area contributed by atoms with Crippen molar-refractivity contribution >= 4 is 27.7 Å². The minimum Gasteiger partial charge on any atom is -0.493 e. The van der Waals surface area contributed by atoms with Gasteiger partial charge in [0.25, 0.3) is 0 Å². The van der Waals surface area contributed by atoms with Gasteiger partial charge in [-0.15, -0.1) is 0 Å². The summed E-state index contributed by atoms with van der Waals surface area (Å²) in [5.74, 6) is -1.17. The topological polar surface area (TPSA) is 172 Å². The van der Waals surface area contributed by atoms with Crippen molar-refractivity contribution in [3.8, 4) is 5.75 Å². The Bertz CT molecular complexity index is 1170. The highest BCUT2D eigenvalue weighted by Crippen LogP contribution is 2.64. The number of carbonyl (C=O) groups excluding carboxylic acids is 1. The van der Waals surface area contributed by atoms with Gasteiger partial charge in [0.2, 0.25) is 16.0 Å². The van der Waals surface area contributed by atoms with Gasteiger partial charge in [-0.05, 0) is 47.4 Å². The van der Waals surface area contributed by atoms with Crippen LogP contribution >= 0.6 is 0 Å². The molecule has 0 saturated heterocycles. The summed E-state index contributed by atoms with van der Waals surface area (Å²) < 4.78 is 34.2. The van der Waals surface area contributed by atoms with Gasteiger partial charge in [-0.1, -0.05) is 19.9 Å². The number of carbonyl (C=O) groups is 2. The molecule has 2 saturated carbocycles. The molecule has 1 aromatic rings. The Kier molecular flexibility index (Phi) is 7.06. The number of nitrogens with zero attached hydrogens (tertiary/aromatic N) is 1. The van der Waals surface area contributed by atoms with Crippen molar-refractivity contribution in [1.29, 1.82) is 5.41 Å². The molecule has 0 radical (unpaired) electrons. The molecule has 0 spiro atoms. The van der Waals surface area contributed by atoms with Crippen LogP contribution in [0.25, 0.3) is 0 Å². The summed E-state index contributed by atoms with van der Waals surface area (Å²) in [4.78, 5) is 30.0. The van der Waals surface area contributed by atoms with Crippen LogP contribution < -0.4 is 16.0 Å². The monoisotopic (exact) mass is 522 g/mol. The Hall–Kier alpha value is -2.70. The number of ketones is 1. The standard InChI is InChI=1S/C24H34N4O7S/c1-23(2)17-6-7-24(23,20(29)12-17)14-36(32,33)28-13-16-10-18(34-8-3-9-35-27-22(25)26)5-4-15(16)11-19(28)21(30)31/h4-5,10,17,19H,3,6-9,11-14H2,1-2H3,(H,30,31)(H4,25,26,27)/t17?,19-,24?/m0/s1. The number of hydroxylamine groups is 1. The SMILES string of the molecule is CC1(C)C2CCC1(CS(=O)(=O)N1Cc3cc(OCCCONC(=N)N)ccc3C[C@H]1C(=O)O)C(=O)C2. The molecule has 4 rings (SSSR count). The fourth-order valence-corrected chi connectivity index (χ4v) is 8.44. The van der Waals surface area contributed by atoms with Gasteiger partial charge in [-0.2, -0.15) is 4.31 Å². The van der Waals surface area contributed by atoms with E-state index in [1.54, 1.807) is 18.2 Å². The van der Waals surface area contributed by atoms with Crippen LogP contribution in [0.15, 0.2) is 18.2 Å². The molecule has 11 nitrogen and oxygen atoms in total. The zero-order valence-corrected chi connectivity index (χ0v) is 21.4. The second kappa shape index (κ2) is 9.64. The number of hydrogen-bond acceptors (Lipinski definition) is 7. The van der Waals surface area contributed by atoms with E-state index in [-0.39, 0.29) is 43.0 Å². The molecule has 1 aliphatic heterocycles. The van der Waals surface area contributed by atoms with Crippen molar-refractivity contribution in [2.24, 2.45) is 22.5 Å². The quantitative estimate of drug-likeness (QED) is 0.153. The highest BCUT2D eigenvalue weighted by atomic mass is 32.2. The molecule has 0 aromatic heterocycles. The Morgan fingerprint density at radius 2 is 2.03 bits per heavy atom. The molecule has 2 bridgehead atoms. The third-order valence-electron chi connectivity index (χ3n) is 8.32. The number of hydrogen-bond donors (Lipinski definition) is 4. The molecule has 1 aromatic carbocycles. The molecule has 12 heteroatoms. The highest BCUT2D eigenvalue weighted by Gasteiger charge is 2.66. The Balaban J connectivity index is 1.50. The smallest absolute Gasteiger partial charge is 0.322 e. The van der Waals surface area contributed by atoms with E-state index in [0.717, 1.165) is 16.3 Å². The Morgan fingerprint density at radius 3 is 2.64 bits per heavy atom. The number of Topliss-reactive ketones (excluding diaryl/α,β-unsaturated/α-hetero) is 1. The van der Waals surface area contributed by atoms with Gasteiger partial charge >= 0.3 is 5.97 Å². The number of nitrogens with two attached hydrogens (primary N) is 1. The Morgan fingerprint density at radius 1 is 1.28 bits per heavy atom. The molecular weight excluding hydrogens is 488 g/mol. The van der Waals surface area contributed by atoms with Crippen LogP contribution in [0.3, 0.4) is 0 Å². The van der Waals surface area contributed by atoms with E-state index in [1.165, 1.54) is 0 Å². The first-order chi connectivity index (χ1) is 16.9. The number of benzene rings is 1. The van der Waals surface area contributed by atoms with E-state index < -0.39 is 32.9 Å². The fraction of sp³-hybridized carbons (Fsp3) is 0.625. The van der Waals surface area contributed by atoms with Gasteiger partial charge < -0.3 is 15.6 Å². The van der Waals surface area contributed by atoms with Crippen molar-refractivity contribution in [3.63, 3.8) is 0 Å². The summed E-state index contributed by atoms with van der Waals surface area (Å²) in [7, 11) is -4.06. The lowest BCUT2D eigenvalue weighted by Gasteiger charge is -2.40. The summed E-state index contributed by atoms with van der Waals surface area (Å²) in [6, 6.07) is 4.00. The van der Waals surface area contributed by atoms with Crippen molar-refractivity contribution in [1.82, 2.24) is 9.79 Å². The zero-order chi connectivity index (χ0) is 26.3. The van der Waals surface area contributed by atoms with Crippen LogP contribution in [0, 0.1) is 22.2 Å². The van der Waals surface area contributed by atoms with Crippen molar-refractivity contribution < 1.29 is 32.7 Å². The summed E-state index contributed by atoms with van der Waals surface area (Å²) in [6.07, 6.45) is 2.29. The number of sulfonamides is 1. The van der Waals surface area contributed by atoms with Crippen molar-refractivity contribution in [2.45, 2.75) is 58.5 Å². The second-order valence-corrected chi connectivity index (χ2v) is 12.4. The van der Waals surface area contributed by atoms with Crippen molar-refractivity contribution in [3.05, 3.63) is 29.3 Å². The third-order valence-corrected chi connectivity index (χ3v) is 10.3. The lowest BCUT2D eigenvalue weighted by Crippen LogP contribution is -2.53. The molecule has 1 heterocycles. The first-order valence-corrected chi connectivity index (χ1v) is 13.7. The molecule has 5 N–H and O–H groups in total. The first-order valence-electron chi connectivity index (χ1n) is 12.1. The van der Waals surface area contributed by atoms with Gasteiger partial charge in [0, 0.05) is 31.2 Å². The average molecular weight is 523 g/mol. The number of fused-ring (bicyclic) bond motifs is 3. The third kappa shape index (κ3) is 4.69. The molecule has 36 heavy (non-hydrogen) atoms. The largest absolute Gasteiger partial charge is 0.493 e. The first kappa shape index (κ1) is 26.4. The number of carboxylic acid groups (broad SMARTS) is 1. The molecule has 0 amide bonds.